The van der Waals surface area contributed by atoms with Gasteiger partial charge >= 0.3 is 0 Å². The van der Waals surface area contributed by atoms with Crippen LogP contribution in [0.5, 0.6) is 0 Å². The molecule has 0 unspecified atom stereocenters. The van der Waals surface area contributed by atoms with E-state index in [0.29, 0.717) is 0 Å². The monoisotopic (exact) mass is 277 g/mol. The van der Waals surface area contributed by atoms with Crippen LogP contribution in [-0.4, -0.2) is 46.2 Å². The summed E-state index contributed by atoms with van der Waals surface area (Å²) in [6.07, 6.45) is 5.19. The summed E-state index contributed by atoms with van der Waals surface area (Å²) in [4.78, 5) is 17.3. The molecule has 6 nitrogen and oxygen atoms in total. The SMILES string of the molecule is OCc1cnc(N2CCN(c3nccs3)CC2)nc1. The first-order valence-corrected chi connectivity index (χ1v) is 7.06. The van der Waals surface area contributed by atoms with Crippen LogP contribution in [0, 0.1) is 0 Å². The molecule has 1 fully saturated rings. The summed E-state index contributed by atoms with van der Waals surface area (Å²) in [5, 5.41) is 12.1. The first-order valence-electron chi connectivity index (χ1n) is 6.18. The van der Waals surface area contributed by atoms with Gasteiger partial charge in [0, 0.05) is 55.7 Å². The molecule has 1 N–H and O–H groups in total. The molecule has 0 amide bonds. The predicted octanol–water partition coefficient (Wildman–Crippen LogP) is 0.752. The molecule has 1 saturated heterocycles. The highest BCUT2D eigenvalue weighted by molar-refractivity contribution is 7.13. The topological polar surface area (TPSA) is 65.4 Å². The van der Waals surface area contributed by atoms with E-state index in [2.05, 4.69) is 24.8 Å². The van der Waals surface area contributed by atoms with Gasteiger partial charge in [-0.3, -0.25) is 0 Å². The highest BCUT2D eigenvalue weighted by Crippen LogP contribution is 2.20. The van der Waals surface area contributed by atoms with Gasteiger partial charge in [0.15, 0.2) is 5.13 Å². The van der Waals surface area contributed by atoms with Gasteiger partial charge in [-0.05, 0) is 0 Å². The maximum Gasteiger partial charge on any atom is 0.225 e. The lowest BCUT2D eigenvalue weighted by Crippen LogP contribution is -2.47. The van der Waals surface area contributed by atoms with Crippen LogP contribution in [0.25, 0.3) is 0 Å². The second-order valence-electron chi connectivity index (χ2n) is 4.34. The Kier molecular flexibility index (Phi) is 3.56. The largest absolute Gasteiger partial charge is 0.392 e. The van der Waals surface area contributed by atoms with Crippen molar-refractivity contribution in [3.05, 3.63) is 29.5 Å². The number of hydrogen-bond donors (Lipinski definition) is 1. The van der Waals surface area contributed by atoms with Gasteiger partial charge in [0.2, 0.25) is 5.95 Å². The molecule has 0 bridgehead atoms. The lowest BCUT2D eigenvalue weighted by molar-refractivity contribution is 0.281. The van der Waals surface area contributed by atoms with Crippen molar-refractivity contribution in [1.29, 1.82) is 0 Å². The Balaban J connectivity index is 1.63. The third kappa shape index (κ3) is 2.66. The molecular formula is C12H15N5OS. The second kappa shape index (κ2) is 5.50. The number of rotatable bonds is 3. The average Bonchev–Trinajstić information content (AvgIpc) is 3.02. The minimum absolute atomic E-state index is 0.0158. The predicted molar refractivity (Wildman–Crippen MR) is 74.5 cm³/mol. The Morgan fingerprint density at radius 1 is 1.05 bits per heavy atom. The lowest BCUT2D eigenvalue weighted by atomic mass is 10.3. The van der Waals surface area contributed by atoms with Crippen LogP contribution in [0.3, 0.4) is 0 Å². The third-order valence-electron chi connectivity index (χ3n) is 3.13. The van der Waals surface area contributed by atoms with Gasteiger partial charge in [-0.25, -0.2) is 15.0 Å². The molecule has 1 aliphatic heterocycles. The van der Waals surface area contributed by atoms with Crippen LogP contribution in [0.1, 0.15) is 5.56 Å². The molecule has 0 saturated carbocycles. The van der Waals surface area contributed by atoms with Crippen molar-refractivity contribution >= 4 is 22.4 Å². The van der Waals surface area contributed by atoms with Gasteiger partial charge in [0.1, 0.15) is 0 Å². The quantitative estimate of drug-likeness (QED) is 0.893. The molecule has 0 atom stereocenters. The number of anilines is 2. The van der Waals surface area contributed by atoms with E-state index in [1.165, 1.54) is 0 Å². The van der Waals surface area contributed by atoms with E-state index in [-0.39, 0.29) is 6.61 Å². The highest BCUT2D eigenvalue weighted by Gasteiger charge is 2.20. The molecule has 7 heteroatoms. The summed E-state index contributed by atoms with van der Waals surface area (Å²) in [5.41, 5.74) is 0.741. The second-order valence-corrected chi connectivity index (χ2v) is 5.21. The molecule has 0 aliphatic carbocycles. The third-order valence-corrected chi connectivity index (χ3v) is 3.96. The molecule has 19 heavy (non-hydrogen) atoms. The van der Waals surface area contributed by atoms with Crippen molar-refractivity contribution in [3.8, 4) is 0 Å². The first-order chi connectivity index (χ1) is 9.36. The summed E-state index contributed by atoms with van der Waals surface area (Å²) in [6, 6.07) is 0. The van der Waals surface area contributed by atoms with Gasteiger partial charge in [-0.2, -0.15) is 0 Å². The van der Waals surface area contributed by atoms with E-state index in [9.17, 15) is 0 Å². The van der Waals surface area contributed by atoms with Crippen molar-refractivity contribution in [3.63, 3.8) is 0 Å². The summed E-state index contributed by atoms with van der Waals surface area (Å²) >= 11 is 1.67. The molecule has 3 heterocycles. The van der Waals surface area contributed by atoms with Gasteiger partial charge < -0.3 is 14.9 Å². The first kappa shape index (κ1) is 12.3. The van der Waals surface area contributed by atoms with Crippen LogP contribution in [0.4, 0.5) is 11.1 Å². The molecule has 0 spiro atoms. The molecule has 3 rings (SSSR count). The molecule has 0 aromatic carbocycles. The fraction of sp³-hybridized carbons (Fsp3) is 0.417. The van der Waals surface area contributed by atoms with Crippen molar-refractivity contribution in [2.45, 2.75) is 6.61 Å². The van der Waals surface area contributed by atoms with Crippen LogP contribution in [0.15, 0.2) is 24.0 Å². The van der Waals surface area contributed by atoms with E-state index >= 15 is 0 Å². The van der Waals surface area contributed by atoms with Gasteiger partial charge in [0.05, 0.1) is 6.61 Å². The van der Waals surface area contributed by atoms with Crippen LogP contribution < -0.4 is 9.80 Å². The van der Waals surface area contributed by atoms with E-state index in [1.54, 1.807) is 23.7 Å². The van der Waals surface area contributed by atoms with Crippen LogP contribution in [-0.2, 0) is 6.61 Å². The number of hydrogen-bond acceptors (Lipinski definition) is 7. The van der Waals surface area contributed by atoms with Crippen LogP contribution >= 0.6 is 11.3 Å². The average molecular weight is 277 g/mol. The fourth-order valence-corrected chi connectivity index (χ4v) is 2.76. The van der Waals surface area contributed by atoms with Crippen LogP contribution in [0.2, 0.25) is 0 Å². The zero-order valence-electron chi connectivity index (χ0n) is 10.4. The van der Waals surface area contributed by atoms with Gasteiger partial charge in [0.25, 0.3) is 0 Å². The molecule has 2 aromatic heterocycles. The van der Waals surface area contributed by atoms with Crippen molar-refractivity contribution in [1.82, 2.24) is 15.0 Å². The van der Waals surface area contributed by atoms with Gasteiger partial charge in [-0.1, -0.05) is 0 Å². The van der Waals surface area contributed by atoms with Crippen molar-refractivity contribution in [2.24, 2.45) is 0 Å². The maximum absolute atomic E-state index is 8.97. The lowest BCUT2D eigenvalue weighted by Gasteiger charge is -2.34. The molecule has 0 radical (unpaired) electrons. The van der Waals surface area contributed by atoms with E-state index in [0.717, 1.165) is 42.8 Å². The Morgan fingerprint density at radius 2 is 1.74 bits per heavy atom. The Labute approximate surface area is 115 Å². The van der Waals surface area contributed by atoms with E-state index in [1.807, 2.05) is 11.6 Å². The number of aliphatic hydroxyl groups excluding tert-OH is 1. The zero-order chi connectivity index (χ0) is 13.1. The number of nitrogens with zero attached hydrogens (tertiary/aromatic N) is 5. The summed E-state index contributed by atoms with van der Waals surface area (Å²) in [7, 11) is 0. The summed E-state index contributed by atoms with van der Waals surface area (Å²) in [5.74, 6) is 0.732. The Hall–Kier alpha value is -1.73. The van der Waals surface area contributed by atoms with E-state index in [4.69, 9.17) is 5.11 Å². The van der Waals surface area contributed by atoms with Gasteiger partial charge in [-0.15, -0.1) is 11.3 Å². The number of aliphatic hydroxyl groups is 1. The number of piperazine rings is 1. The minimum Gasteiger partial charge on any atom is -0.392 e. The van der Waals surface area contributed by atoms with Crippen molar-refractivity contribution in [2.75, 3.05) is 36.0 Å². The molecular weight excluding hydrogens is 262 g/mol. The number of thiazole rings is 1. The normalized spacial score (nSPS) is 15.8. The van der Waals surface area contributed by atoms with E-state index < -0.39 is 0 Å². The standard InChI is InChI=1S/C12H15N5OS/c18-9-10-7-14-11(15-8-10)16-2-4-17(5-3-16)12-13-1-6-19-12/h1,6-8,18H,2-5,9H2. The fourth-order valence-electron chi connectivity index (χ4n) is 2.06. The Bertz CT molecular complexity index is 507. The maximum atomic E-state index is 8.97. The summed E-state index contributed by atoms with van der Waals surface area (Å²) in [6.45, 7) is 3.62. The molecule has 2 aromatic rings. The Morgan fingerprint density at radius 3 is 2.32 bits per heavy atom. The highest BCUT2D eigenvalue weighted by atomic mass is 32.1. The smallest absolute Gasteiger partial charge is 0.225 e. The molecule has 1 aliphatic rings. The minimum atomic E-state index is -0.0158. The van der Waals surface area contributed by atoms with Crippen molar-refractivity contribution < 1.29 is 5.11 Å². The molecule has 100 valence electrons. The summed E-state index contributed by atoms with van der Waals surface area (Å²) < 4.78 is 0. The number of aromatic nitrogens is 3. The zero-order valence-corrected chi connectivity index (χ0v) is 11.3.